The number of nitrogens with zero attached hydrogens (tertiary/aromatic N) is 2. The number of amides is 1. The number of carbonyl (C=O) groups is 1. The standard InChI is InChI=1S/C14H17N3O/c1-17(9-5-12-2-6-15-7-3-12)14(18)10-13-4-8-16-11-13/h2-4,6-8,11,16H,5,9-10H2,1H3. The van der Waals surface area contributed by atoms with Crippen LogP contribution in [0.4, 0.5) is 0 Å². The maximum atomic E-state index is 11.9. The number of likely N-dealkylation sites (N-methyl/N-ethyl adjacent to an activating group) is 1. The van der Waals surface area contributed by atoms with Gasteiger partial charge in [0.1, 0.15) is 0 Å². The Morgan fingerprint density at radius 2 is 2.06 bits per heavy atom. The lowest BCUT2D eigenvalue weighted by Gasteiger charge is -2.16. The molecule has 18 heavy (non-hydrogen) atoms. The molecule has 2 rings (SSSR count). The number of pyridine rings is 1. The molecule has 0 saturated heterocycles. The number of aromatic amines is 1. The maximum absolute atomic E-state index is 11.9. The van der Waals surface area contributed by atoms with E-state index in [0.717, 1.165) is 18.5 Å². The van der Waals surface area contributed by atoms with Crippen LogP contribution in [0.5, 0.6) is 0 Å². The zero-order valence-electron chi connectivity index (χ0n) is 10.5. The molecule has 2 heterocycles. The van der Waals surface area contributed by atoms with Gasteiger partial charge in [-0.05, 0) is 35.7 Å². The first-order valence-corrected chi connectivity index (χ1v) is 6.00. The molecule has 0 aromatic carbocycles. The zero-order valence-corrected chi connectivity index (χ0v) is 10.5. The number of hydrogen-bond acceptors (Lipinski definition) is 2. The van der Waals surface area contributed by atoms with Crippen LogP contribution in [0.2, 0.25) is 0 Å². The largest absolute Gasteiger partial charge is 0.367 e. The molecule has 0 saturated carbocycles. The van der Waals surface area contributed by atoms with Gasteiger partial charge in [-0.25, -0.2) is 0 Å². The molecular formula is C14H17N3O. The molecule has 2 aromatic rings. The molecule has 0 aliphatic rings. The average molecular weight is 243 g/mol. The van der Waals surface area contributed by atoms with Gasteiger partial charge in [0.25, 0.3) is 0 Å². The van der Waals surface area contributed by atoms with Crippen molar-refractivity contribution in [2.45, 2.75) is 12.8 Å². The topological polar surface area (TPSA) is 49.0 Å². The number of carbonyl (C=O) groups excluding carboxylic acids is 1. The molecule has 0 radical (unpaired) electrons. The summed E-state index contributed by atoms with van der Waals surface area (Å²) >= 11 is 0. The lowest BCUT2D eigenvalue weighted by Crippen LogP contribution is -2.30. The van der Waals surface area contributed by atoms with Gasteiger partial charge in [-0.15, -0.1) is 0 Å². The van der Waals surface area contributed by atoms with Crippen LogP contribution in [0.1, 0.15) is 11.1 Å². The van der Waals surface area contributed by atoms with Crippen LogP contribution < -0.4 is 0 Å². The van der Waals surface area contributed by atoms with Gasteiger partial charge in [0.05, 0.1) is 6.42 Å². The molecule has 1 N–H and O–H groups in total. The van der Waals surface area contributed by atoms with E-state index in [-0.39, 0.29) is 5.91 Å². The highest BCUT2D eigenvalue weighted by molar-refractivity contribution is 5.78. The molecule has 1 amide bonds. The molecule has 0 bridgehead atoms. The summed E-state index contributed by atoms with van der Waals surface area (Å²) in [5.41, 5.74) is 2.22. The zero-order chi connectivity index (χ0) is 12.8. The number of nitrogens with one attached hydrogen (secondary N) is 1. The molecule has 0 aliphatic heterocycles. The predicted molar refractivity (Wildman–Crippen MR) is 70.1 cm³/mol. The predicted octanol–water partition coefficient (Wildman–Crippen LogP) is 1.65. The van der Waals surface area contributed by atoms with E-state index in [9.17, 15) is 4.79 Å². The van der Waals surface area contributed by atoms with Gasteiger partial charge < -0.3 is 9.88 Å². The second-order valence-corrected chi connectivity index (χ2v) is 4.32. The van der Waals surface area contributed by atoms with Gasteiger partial charge in [0.2, 0.25) is 5.91 Å². The fourth-order valence-electron chi connectivity index (χ4n) is 1.75. The number of aromatic nitrogens is 2. The van der Waals surface area contributed by atoms with E-state index in [4.69, 9.17) is 0 Å². The third-order valence-electron chi connectivity index (χ3n) is 2.93. The Balaban J connectivity index is 1.81. The Morgan fingerprint density at radius 1 is 1.28 bits per heavy atom. The van der Waals surface area contributed by atoms with Crippen molar-refractivity contribution in [1.29, 1.82) is 0 Å². The summed E-state index contributed by atoms with van der Waals surface area (Å²) in [6, 6.07) is 5.88. The summed E-state index contributed by atoms with van der Waals surface area (Å²) in [6.07, 6.45) is 8.55. The summed E-state index contributed by atoms with van der Waals surface area (Å²) in [4.78, 5) is 20.6. The van der Waals surface area contributed by atoms with Crippen LogP contribution >= 0.6 is 0 Å². The second kappa shape index (κ2) is 6.00. The van der Waals surface area contributed by atoms with E-state index in [2.05, 4.69) is 9.97 Å². The summed E-state index contributed by atoms with van der Waals surface area (Å²) in [6.45, 7) is 0.729. The minimum absolute atomic E-state index is 0.142. The summed E-state index contributed by atoms with van der Waals surface area (Å²) in [7, 11) is 1.84. The fraction of sp³-hybridized carbons (Fsp3) is 0.286. The van der Waals surface area contributed by atoms with Crippen LogP contribution in [0.25, 0.3) is 0 Å². The lowest BCUT2D eigenvalue weighted by molar-refractivity contribution is -0.129. The molecule has 4 heteroatoms. The summed E-state index contributed by atoms with van der Waals surface area (Å²) in [5.74, 6) is 0.142. The van der Waals surface area contributed by atoms with Crippen LogP contribution in [-0.2, 0) is 17.6 Å². The molecule has 2 aromatic heterocycles. The molecule has 0 fully saturated rings. The maximum Gasteiger partial charge on any atom is 0.226 e. The number of H-pyrrole nitrogens is 1. The van der Waals surface area contributed by atoms with Gasteiger partial charge >= 0.3 is 0 Å². The van der Waals surface area contributed by atoms with Gasteiger partial charge in [-0.3, -0.25) is 9.78 Å². The van der Waals surface area contributed by atoms with E-state index >= 15 is 0 Å². The van der Waals surface area contributed by atoms with E-state index in [1.165, 1.54) is 5.56 Å². The van der Waals surface area contributed by atoms with Crippen molar-refractivity contribution in [2.75, 3.05) is 13.6 Å². The smallest absolute Gasteiger partial charge is 0.226 e. The molecule has 4 nitrogen and oxygen atoms in total. The van der Waals surface area contributed by atoms with Crippen LogP contribution in [0.15, 0.2) is 43.0 Å². The van der Waals surface area contributed by atoms with Crippen molar-refractivity contribution < 1.29 is 4.79 Å². The van der Waals surface area contributed by atoms with Crippen molar-refractivity contribution in [3.63, 3.8) is 0 Å². The van der Waals surface area contributed by atoms with Gasteiger partial charge in [0.15, 0.2) is 0 Å². The third kappa shape index (κ3) is 3.45. The van der Waals surface area contributed by atoms with Crippen molar-refractivity contribution >= 4 is 5.91 Å². The Hall–Kier alpha value is -2.10. The van der Waals surface area contributed by atoms with Crippen molar-refractivity contribution in [3.8, 4) is 0 Å². The van der Waals surface area contributed by atoms with E-state index in [0.29, 0.717) is 6.42 Å². The van der Waals surface area contributed by atoms with Gasteiger partial charge in [-0.1, -0.05) is 0 Å². The summed E-state index contributed by atoms with van der Waals surface area (Å²) < 4.78 is 0. The highest BCUT2D eigenvalue weighted by atomic mass is 16.2. The highest BCUT2D eigenvalue weighted by Crippen LogP contribution is 2.03. The van der Waals surface area contributed by atoms with Gasteiger partial charge in [-0.2, -0.15) is 0 Å². The summed E-state index contributed by atoms with van der Waals surface area (Å²) in [5, 5.41) is 0. The monoisotopic (exact) mass is 243 g/mol. The Labute approximate surface area is 107 Å². The first-order valence-electron chi connectivity index (χ1n) is 6.00. The molecule has 0 spiro atoms. The van der Waals surface area contributed by atoms with Crippen molar-refractivity contribution in [3.05, 3.63) is 54.1 Å². The minimum Gasteiger partial charge on any atom is -0.367 e. The average Bonchev–Trinajstić information content (AvgIpc) is 2.90. The number of hydrogen-bond donors (Lipinski definition) is 1. The van der Waals surface area contributed by atoms with Gasteiger partial charge in [0, 0.05) is 38.4 Å². The first kappa shape index (κ1) is 12.4. The van der Waals surface area contributed by atoms with E-state index in [1.807, 2.05) is 37.6 Å². The highest BCUT2D eigenvalue weighted by Gasteiger charge is 2.09. The first-order chi connectivity index (χ1) is 8.75. The molecule has 0 atom stereocenters. The molecule has 94 valence electrons. The fourth-order valence-corrected chi connectivity index (χ4v) is 1.75. The number of rotatable bonds is 5. The van der Waals surface area contributed by atoms with Crippen LogP contribution in [0, 0.1) is 0 Å². The molecule has 0 aliphatic carbocycles. The van der Waals surface area contributed by atoms with Crippen LogP contribution in [-0.4, -0.2) is 34.4 Å². The van der Waals surface area contributed by atoms with Crippen molar-refractivity contribution in [2.24, 2.45) is 0 Å². The SMILES string of the molecule is CN(CCc1ccncc1)C(=O)Cc1cc[nH]c1. The van der Waals surface area contributed by atoms with Crippen LogP contribution in [0.3, 0.4) is 0 Å². The van der Waals surface area contributed by atoms with E-state index in [1.54, 1.807) is 17.3 Å². The Kier molecular flexibility index (Phi) is 4.12. The normalized spacial score (nSPS) is 10.3. The second-order valence-electron chi connectivity index (χ2n) is 4.32. The molecule has 0 unspecified atom stereocenters. The Morgan fingerprint density at radius 3 is 2.72 bits per heavy atom. The quantitative estimate of drug-likeness (QED) is 0.868. The molecular weight excluding hydrogens is 226 g/mol. The Bertz CT molecular complexity index is 479. The third-order valence-corrected chi connectivity index (χ3v) is 2.93. The van der Waals surface area contributed by atoms with Crippen molar-refractivity contribution in [1.82, 2.24) is 14.9 Å². The lowest BCUT2D eigenvalue weighted by atomic mass is 10.2. The minimum atomic E-state index is 0.142. The van der Waals surface area contributed by atoms with E-state index < -0.39 is 0 Å².